The lowest BCUT2D eigenvalue weighted by Crippen LogP contribution is -2.33. The fraction of sp³-hybridized carbons (Fsp3) is 0.583. The van der Waals surface area contributed by atoms with Gasteiger partial charge in [-0.05, 0) is 36.9 Å². The number of halogens is 1. The summed E-state index contributed by atoms with van der Waals surface area (Å²) in [5.74, 6) is -1.84. The lowest BCUT2D eigenvalue weighted by Gasteiger charge is -2.17. The summed E-state index contributed by atoms with van der Waals surface area (Å²) in [6.45, 7) is -0.530. The van der Waals surface area contributed by atoms with Gasteiger partial charge in [-0.25, -0.2) is 19.0 Å². The Kier molecular flexibility index (Phi) is 5.03. The maximum atomic E-state index is 14.7. The van der Waals surface area contributed by atoms with Gasteiger partial charge in [0.2, 0.25) is 0 Å². The summed E-state index contributed by atoms with van der Waals surface area (Å²) in [5, 5.41) is 41.6. The summed E-state index contributed by atoms with van der Waals surface area (Å²) in [7, 11) is 0. The van der Waals surface area contributed by atoms with Crippen LogP contribution in [0.3, 0.4) is 0 Å². The number of aliphatic hydroxyl groups is 3. The summed E-state index contributed by atoms with van der Waals surface area (Å²) >= 11 is 0.689. The van der Waals surface area contributed by atoms with Crippen LogP contribution in [-0.2, 0) is 4.74 Å². The Balaban J connectivity index is 1.53. The van der Waals surface area contributed by atoms with E-state index in [9.17, 15) is 19.7 Å². The van der Waals surface area contributed by atoms with Crippen molar-refractivity contribution >= 4 is 28.7 Å². The van der Waals surface area contributed by atoms with Gasteiger partial charge in [-0.15, -0.1) is 5.10 Å². The van der Waals surface area contributed by atoms with E-state index in [2.05, 4.69) is 25.6 Å². The molecule has 36 heavy (non-hydrogen) atoms. The molecule has 4 N–H and O–H groups in total. The highest BCUT2D eigenvalue weighted by molar-refractivity contribution is 7.99. The molecule has 0 unspecified atom stereocenters. The maximum absolute atomic E-state index is 14.7. The summed E-state index contributed by atoms with van der Waals surface area (Å²) in [4.78, 5) is 8.78. The van der Waals surface area contributed by atoms with E-state index in [1.807, 2.05) is 0 Å². The van der Waals surface area contributed by atoms with Crippen molar-refractivity contribution < 1.29 is 35.4 Å². The second-order valence-corrected chi connectivity index (χ2v) is 9.40. The van der Waals surface area contributed by atoms with Gasteiger partial charge < -0.3 is 25.4 Å². The molecular formula is C24H31FN6O4S. The van der Waals surface area contributed by atoms with Crippen LogP contribution < -0.4 is 5.32 Å². The number of aromatic nitrogens is 5. The van der Waals surface area contributed by atoms with Gasteiger partial charge in [-0.1, -0.05) is 36.0 Å². The molecule has 0 radical (unpaired) electrons. The predicted molar refractivity (Wildman–Crippen MR) is 133 cm³/mol. The average molecular weight is 527 g/mol. The molecule has 5 rings (SSSR count). The first-order valence-corrected chi connectivity index (χ1v) is 12.3. The summed E-state index contributed by atoms with van der Waals surface area (Å²) in [6, 6.07) is -3.92. The van der Waals surface area contributed by atoms with Crippen molar-refractivity contribution in [2.45, 2.75) is 74.6 Å². The van der Waals surface area contributed by atoms with Crippen LogP contribution in [0.15, 0.2) is 23.3 Å². The molecule has 1 aromatic carbocycles. The minimum atomic E-state index is -2.48. The zero-order valence-corrected chi connectivity index (χ0v) is 20.3. The molecule has 0 spiro atoms. The van der Waals surface area contributed by atoms with E-state index in [0.29, 0.717) is 11.8 Å². The number of nitrogens with one attached hydrogen (secondary N) is 1. The molecular weight excluding hydrogens is 487 g/mol. The molecule has 3 aromatic rings. The van der Waals surface area contributed by atoms with Gasteiger partial charge >= 0.3 is 0 Å². The molecule has 12 heteroatoms. The van der Waals surface area contributed by atoms with Crippen molar-refractivity contribution in [3.63, 3.8) is 0 Å². The van der Waals surface area contributed by atoms with E-state index in [1.165, 1.54) is 11.6 Å². The number of thioether (sulfide) groups is 1. The Hall–Kier alpha value is -2.38. The van der Waals surface area contributed by atoms with E-state index in [4.69, 9.17) is 15.7 Å². The van der Waals surface area contributed by atoms with Crippen LogP contribution in [0.1, 0.15) is 60.2 Å². The fourth-order valence-electron chi connectivity index (χ4n) is 4.14. The largest absolute Gasteiger partial charge is 0.394 e. The number of nitrogens with zero attached hydrogens (tertiary/aromatic N) is 5. The van der Waals surface area contributed by atoms with Gasteiger partial charge in [0.05, 0.1) is 33.5 Å². The first kappa shape index (κ1) is 17.2. The van der Waals surface area contributed by atoms with Crippen molar-refractivity contribution in [3.8, 4) is 0 Å². The lowest BCUT2D eigenvalue weighted by molar-refractivity contribution is -0.0629. The molecule has 2 aliphatic carbocycles. The highest BCUT2D eigenvalue weighted by Gasteiger charge is 2.45. The van der Waals surface area contributed by atoms with Gasteiger partial charge in [-0.2, -0.15) is 0 Å². The number of fused-ring (bicyclic) bond motifs is 1. The molecule has 0 bridgehead atoms. The fourth-order valence-corrected chi connectivity index (χ4v) is 4.68. The number of benzene rings is 1. The van der Waals surface area contributed by atoms with Gasteiger partial charge in [0, 0.05) is 26.8 Å². The van der Waals surface area contributed by atoms with Crippen molar-refractivity contribution in [1.82, 2.24) is 25.0 Å². The van der Waals surface area contributed by atoms with Crippen LogP contribution in [0.5, 0.6) is 0 Å². The molecule has 2 heterocycles. The molecule has 2 aliphatic rings. The number of hydrogen-bond donors (Lipinski definition) is 4. The molecule has 0 aliphatic heterocycles. The highest BCUT2D eigenvalue weighted by Crippen LogP contribution is 2.44. The van der Waals surface area contributed by atoms with Gasteiger partial charge in [0.1, 0.15) is 18.0 Å². The van der Waals surface area contributed by atoms with Crippen molar-refractivity contribution in [2.24, 2.45) is 0 Å². The normalized spacial score (nSPS) is 33.7. The molecule has 2 fully saturated rings. The lowest BCUT2D eigenvalue weighted by atomic mass is 10.1. The monoisotopic (exact) mass is 526 g/mol. The third kappa shape index (κ3) is 4.92. The average Bonchev–Trinajstić information content (AvgIpc) is 3.28. The summed E-state index contributed by atoms with van der Waals surface area (Å²) < 4.78 is 86.4. The second-order valence-electron chi connectivity index (χ2n) is 8.54. The zero-order chi connectivity index (χ0) is 32.5. The number of hydrogen-bond acceptors (Lipinski definition) is 10. The first-order chi connectivity index (χ1) is 20.4. The van der Waals surface area contributed by atoms with E-state index in [0.717, 1.165) is 0 Å². The SMILES string of the molecule is [2H]c1c([2H])c([C@@H]2C[C@@]2([2H])Nc2nc(SC([2H])([2H])CC)nc3c2nnn3[C@@H]2C[C@H](OC([2H])([2H])CO)[C@@H](O)[C@H]2O)c([2H])c(F)c1C. The maximum Gasteiger partial charge on any atom is 0.191 e. The molecule has 2 saturated carbocycles. The summed E-state index contributed by atoms with van der Waals surface area (Å²) in [6.07, 6.45) is -4.32. The topological polar surface area (TPSA) is 138 Å². The van der Waals surface area contributed by atoms with E-state index in [-0.39, 0.29) is 64.6 Å². The Bertz CT molecular complexity index is 1580. The number of ether oxygens (including phenoxy) is 1. The van der Waals surface area contributed by atoms with E-state index < -0.39 is 67.0 Å². The molecule has 194 valence electrons. The van der Waals surface area contributed by atoms with Crippen LogP contribution in [0, 0.1) is 12.7 Å². The molecule has 0 amide bonds. The van der Waals surface area contributed by atoms with Crippen molar-refractivity contribution in [1.29, 1.82) is 0 Å². The Morgan fingerprint density at radius 1 is 1.33 bits per heavy atom. The van der Waals surface area contributed by atoms with Gasteiger partial charge in [0.25, 0.3) is 0 Å². The van der Waals surface area contributed by atoms with Crippen LogP contribution in [0.25, 0.3) is 11.2 Å². The zero-order valence-electron chi connectivity index (χ0n) is 27.5. The van der Waals surface area contributed by atoms with E-state index >= 15 is 0 Å². The molecule has 10 nitrogen and oxygen atoms in total. The Labute approximate surface area is 223 Å². The predicted octanol–water partition coefficient (Wildman–Crippen LogP) is 2.18. The number of aliphatic hydroxyl groups excluding tert-OH is 3. The van der Waals surface area contributed by atoms with Crippen LogP contribution >= 0.6 is 11.8 Å². The van der Waals surface area contributed by atoms with Crippen molar-refractivity contribution in [3.05, 3.63) is 35.1 Å². The quantitative estimate of drug-likeness (QED) is 0.230. The van der Waals surface area contributed by atoms with E-state index in [1.54, 1.807) is 6.92 Å². The Morgan fingerprint density at radius 2 is 2.17 bits per heavy atom. The number of rotatable bonds is 10. The van der Waals surface area contributed by atoms with Crippen LogP contribution in [0.4, 0.5) is 10.2 Å². The highest BCUT2D eigenvalue weighted by atomic mass is 32.2. The second kappa shape index (κ2) is 10.5. The van der Waals surface area contributed by atoms with Gasteiger partial charge in [-0.3, -0.25) is 0 Å². The third-order valence-electron chi connectivity index (χ3n) is 6.09. The minimum absolute atomic E-state index is 0.00282. The minimum Gasteiger partial charge on any atom is -0.394 e. The summed E-state index contributed by atoms with van der Waals surface area (Å²) in [5.41, 5.74) is -2.02. The van der Waals surface area contributed by atoms with Crippen LogP contribution in [-0.4, -0.2) is 83.5 Å². The molecule has 2 aromatic heterocycles. The standard InChI is InChI=1S/C24H31FN6O4S/c1-3-8-36-24-27-22(26-16-10-14(16)13-5-4-12(2)15(25)9-13)19-23(28-24)31(30-29-19)17-11-18(35-7-6-32)21(34)20(17)33/h4-5,9,14,16-18,20-21,32-34H,3,6-8,10-11H2,1-2H3,(H,26,27,28)/t14-,16+,17+,18-,20-,21+/m0/s1/i4D,5D,7D2,8D2,9D,16D. The smallest absolute Gasteiger partial charge is 0.191 e. The number of anilines is 1. The Morgan fingerprint density at radius 3 is 2.94 bits per heavy atom. The molecule has 0 saturated heterocycles. The van der Waals surface area contributed by atoms with Crippen LogP contribution in [0.2, 0.25) is 0 Å². The van der Waals surface area contributed by atoms with Crippen molar-refractivity contribution in [2.75, 3.05) is 24.2 Å². The molecule has 6 atom stereocenters. The third-order valence-corrected chi connectivity index (χ3v) is 6.89. The first-order valence-electron chi connectivity index (χ1n) is 15.4. The van der Waals surface area contributed by atoms with Gasteiger partial charge in [0.15, 0.2) is 22.1 Å².